The summed E-state index contributed by atoms with van der Waals surface area (Å²) in [7, 11) is 0. The van der Waals surface area contributed by atoms with Gasteiger partial charge < -0.3 is 20.1 Å². The number of hydrogen-bond donors (Lipinski definition) is 2. The molecule has 0 spiro atoms. The van der Waals surface area contributed by atoms with Crippen LogP contribution in [-0.4, -0.2) is 49.4 Å². The van der Waals surface area contributed by atoms with Crippen LogP contribution in [-0.2, 0) is 10.9 Å². The second-order valence-electron chi connectivity index (χ2n) is 6.26. The van der Waals surface area contributed by atoms with Crippen molar-refractivity contribution in [1.82, 2.24) is 15.6 Å². The van der Waals surface area contributed by atoms with Gasteiger partial charge in [0.1, 0.15) is 6.61 Å². The second-order valence-corrected chi connectivity index (χ2v) is 6.26. The van der Waals surface area contributed by atoms with E-state index in [1.54, 1.807) is 0 Å². The molecule has 27 heavy (non-hydrogen) atoms. The summed E-state index contributed by atoms with van der Waals surface area (Å²) in [6.45, 7) is 6.74. The quantitative estimate of drug-likeness (QED) is 0.260. The van der Waals surface area contributed by atoms with Gasteiger partial charge in [-0.15, -0.1) is 24.0 Å². The van der Waals surface area contributed by atoms with Crippen LogP contribution in [0.3, 0.4) is 0 Å². The van der Waals surface area contributed by atoms with Gasteiger partial charge in [-0.05, 0) is 32.8 Å². The first-order valence-electron chi connectivity index (χ1n) is 8.64. The van der Waals surface area contributed by atoms with E-state index in [1.165, 1.54) is 6.07 Å². The van der Waals surface area contributed by atoms with Crippen molar-refractivity contribution in [1.29, 1.82) is 0 Å². The van der Waals surface area contributed by atoms with Gasteiger partial charge in [-0.25, -0.2) is 4.98 Å². The van der Waals surface area contributed by atoms with Gasteiger partial charge in [0.2, 0.25) is 5.88 Å². The molecule has 10 heteroatoms. The first-order valence-corrected chi connectivity index (χ1v) is 8.64. The van der Waals surface area contributed by atoms with Crippen LogP contribution in [0.2, 0.25) is 0 Å². The van der Waals surface area contributed by atoms with Crippen molar-refractivity contribution in [2.45, 2.75) is 38.5 Å². The van der Waals surface area contributed by atoms with E-state index >= 15 is 0 Å². The average molecular weight is 502 g/mol. The third kappa shape index (κ3) is 8.08. The van der Waals surface area contributed by atoms with Gasteiger partial charge in [0.15, 0.2) is 5.96 Å². The summed E-state index contributed by atoms with van der Waals surface area (Å²) in [4.78, 5) is 8.19. The first-order chi connectivity index (χ1) is 12.3. The maximum absolute atomic E-state index is 12.5. The maximum Gasteiger partial charge on any atom is 0.417 e. The highest BCUT2D eigenvalue weighted by atomic mass is 127. The third-order valence-corrected chi connectivity index (χ3v) is 3.92. The van der Waals surface area contributed by atoms with E-state index in [-0.39, 0.29) is 42.1 Å². The average Bonchev–Trinajstić information content (AvgIpc) is 3.03. The number of aromatic nitrogens is 1. The van der Waals surface area contributed by atoms with Crippen molar-refractivity contribution in [3.05, 3.63) is 23.9 Å². The molecule has 0 aromatic carbocycles. The molecule has 1 aromatic heterocycles. The number of pyridine rings is 1. The van der Waals surface area contributed by atoms with Crippen molar-refractivity contribution in [2.24, 2.45) is 4.99 Å². The minimum Gasteiger partial charge on any atom is -0.476 e. The number of aliphatic imine (C=N–C) groups is 1. The predicted molar refractivity (Wildman–Crippen MR) is 108 cm³/mol. The van der Waals surface area contributed by atoms with Gasteiger partial charge in [0.05, 0.1) is 24.3 Å². The van der Waals surface area contributed by atoms with Gasteiger partial charge in [-0.1, -0.05) is 0 Å². The molecule has 1 aromatic rings. The Morgan fingerprint density at radius 2 is 2.15 bits per heavy atom. The van der Waals surface area contributed by atoms with E-state index in [0.29, 0.717) is 25.6 Å². The Balaban J connectivity index is 0.00000364. The molecule has 1 aliphatic heterocycles. The zero-order valence-corrected chi connectivity index (χ0v) is 17.8. The second kappa shape index (κ2) is 10.9. The molecule has 0 saturated carbocycles. The molecule has 0 aliphatic carbocycles. The SMILES string of the molecule is CCNC(=NCC1(C)CCCO1)NCCOc1ccc(C(F)(F)F)cn1.I. The van der Waals surface area contributed by atoms with Crippen molar-refractivity contribution in [3.63, 3.8) is 0 Å². The lowest BCUT2D eigenvalue weighted by Crippen LogP contribution is -2.40. The Morgan fingerprint density at radius 3 is 2.70 bits per heavy atom. The van der Waals surface area contributed by atoms with Crippen LogP contribution in [0.25, 0.3) is 0 Å². The number of ether oxygens (including phenoxy) is 2. The van der Waals surface area contributed by atoms with Crippen LogP contribution in [0.4, 0.5) is 13.2 Å². The summed E-state index contributed by atoms with van der Waals surface area (Å²) in [5.74, 6) is 0.793. The fourth-order valence-corrected chi connectivity index (χ4v) is 2.51. The lowest BCUT2D eigenvalue weighted by molar-refractivity contribution is -0.137. The molecular formula is C17H26F3IN4O2. The van der Waals surface area contributed by atoms with Crippen LogP contribution in [0.1, 0.15) is 32.3 Å². The molecular weight excluding hydrogens is 476 g/mol. The van der Waals surface area contributed by atoms with E-state index in [2.05, 4.69) is 20.6 Å². The summed E-state index contributed by atoms with van der Waals surface area (Å²) >= 11 is 0. The van der Waals surface area contributed by atoms with Crippen LogP contribution in [0.15, 0.2) is 23.3 Å². The van der Waals surface area contributed by atoms with E-state index in [1.807, 2.05) is 13.8 Å². The van der Waals surface area contributed by atoms with Gasteiger partial charge >= 0.3 is 6.18 Å². The van der Waals surface area contributed by atoms with Gasteiger partial charge in [-0.3, -0.25) is 4.99 Å². The van der Waals surface area contributed by atoms with Crippen molar-refractivity contribution < 1.29 is 22.6 Å². The van der Waals surface area contributed by atoms with Gasteiger partial charge in [0.25, 0.3) is 0 Å². The highest BCUT2D eigenvalue weighted by Crippen LogP contribution is 2.29. The molecule has 0 amide bonds. The zero-order valence-electron chi connectivity index (χ0n) is 15.4. The van der Waals surface area contributed by atoms with Crippen LogP contribution in [0.5, 0.6) is 5.88 Å². The summed E-state index contributed by atoms with van der Waals surface area (Å²) in [6.07, 6.45) is -1.61. The molecule has 1 atom stereocenters. The molecule has 0 radical (unpaired) electrons. The standard InChI is InChI=1S/C17H25F3N4O2.HI/c1-3-21-15(24-12-16(2)7-4-9-26-16)22-8-10-25-14-6-5-13(11-23-14)17(18,19)20;/h5-6,11H,3-4,7-10,12H2,1-2H3,(H2,21,22,24);1H. The summed E-state index contributed by atoms with van der Waals surface area (Å²) in [5.41, 5.74) is -1.02. The molecule has 6 nitrogen and oxygen atoms in total. The monoisotopic (exact) mass is 502 g/mol. The van der Waals surface area contributed by atoms with Crippen molar-refractivity contribution in [3.8, 4) is 5.88 Å². The van der Waals surface area contributed by atoms with Crippen molar-refractivity contribution in [2.75, 3.05) is 32.8 Å². The summed E-state index contributed by atoms with van der Waals surface area (Å²) < 4.78 is 48.5. The van der Waals surface area contributed by atoms with Crippen LogP contribution in [0, 0.1) is 0 Å². The highest BCUT2D eigenvalue weighted by Gasteiger charge is 2.31. The molecule has 1 unspecified atom stereocenters. The molecule has 2 rings (SSSR count). The third-order valence-electron chi connectivity index (χ3n) is 3.92. The smallest absolute Gasteiger partial charge is 0.417 e. The number of nitrogens with one attached hydrogen (secondary N) is 2. The molecule has 1 aliphatic rings. The fraction of sp³-hybridized carbons (Fsp3) is 0.647. The number of halogens is 4. The Bertz CT molecular complexity index is 591. The molecule has 2 N–H and O–H groups in total. The first kappa shape index (κ1) is 23.7. The number of hydrogen-bond acceptors (Lipinski definition) is 4. The van der Waals surface area contributed by atoms with E-state index < -0.39 is 11.7 Å². The molecule has 1 fully saturated rings. The number of nitrogens with zero attached hydrogens (tertiary/aromatic N) is 2. The minimum atomic E-state index is -4.40. The zero-order chi connectivity index (χ0) is 19.0. The van der Waals surface area contributed by atoms with Crippen LogP contribution >= 0.6 is 24.0 Å². The minimum absolute atomic E-state index is 0. The normalized spacial score (nSPS) is 20.1. The van der Waals surface area contributed by atoms with E-state index in [9.17, 15) is 13.2 Å². The largest absolute Gasteiger partial charge is 0.476 e. The Morgan fingerprint density at radius 1 is 1.37 bits per heavy atom. The fourth-order valence-electron chi connectivity index (χ4n) is 2.51. The lowest BCUT2D eigenvalue weighted by Gasteiger charge is -2.21. The maximum atomic E-state index is 12.5. The van der Waals surface area contributed by atoms with Crippen LogP contribution < -0.4 is 15.4 Å². The van der Waals surface area contributed by atoms with Gasteiger partial charge in [0, 0.05) is 25.4 Å². The van der Waals surface area contributed by atoms with E-state index in [4.69, 9.17) is 9.47 Å². The summed E-state index contributed by atoms with van der Waals surface area (Å²) in [5, 5.41) is 6.25. The topological polar surface area (TPSA) is 67.8 Å². The number of rotatable bonds is 7. The van der Waals surface area contributed by atoms with E-state index in [0.717, 1.165) is 31.7 Å². The molecule has 154 valence electrons. The summed E-state index contributed by atoms with van der Waals surface area (Å²) in [6, 6.07) is 2.16. The molecule has 0 bridgehead atoms. The predicted octanol–water partition coefficient (Wildman–Crippen LogP) is 3.22. The lowest BCUT2D eigenvalue weighted by atomic mass is 10.0. The van der Waals surface area contributed by atoms with Crippen molar-refractivity contribution >= 4 is 29.9 Å². The molecule has 2 heterocycles. The number of alkyl halides is 3. The Kier molecular flexibility index (Phi) is 9.57. The Labute approximate surface area is 174 Å². The Hall–Kier alpha value is -1.30. The highest BCUT2D eigenvalue weighted by molar-refractivity contribution is 14.0. The van der Waals surface area contributed by atoms with Gasteiger partial charge in [-0.2, -0.15) is 13.2 Å². The molecule has 1 saturated heterocycles. The number of guanidine groups is 1.